The van der Waals surface area contributed by atoms with E-state index in [1.807, 2.05) is 24.3 Å². The van der Waals surface area contributed by atoms with Crippen LogP contribution in [-0.4, -0.2) is 17.5 Å². The summed E-state index contributed by atoms with van der Waals surface area (Å²) in [6.07, 6.45) is 6.77. The second-order valence-corrected chi connectivity index (χ2v) is 7.54. The van der Waals surface area contributed by atoms with Crippen LogP contribution in [0.3, 0.4) is 0 Å². The molecule has 0 bridgehead atoms. The molecule has 0 spiro atoms. The van der Waals surface area contributed by atoms with Crippen molar-refractivity contribution in [2.75, 3.05) is 7.11 Å². The predicted octanol–water partition coefficient (Wildman–Crippen LogP) is 1.37. The first-order chi connectivity index (χ1) is 13.7. The molecule has 0 N–H and O–H groups in total. The van der Waals surface area contributed by atoms with Crippen molar-refractivity contribution in [2.45, 2.75) is 45.7 Å². The summed E-state index contributed by atoms with van der Waals surface area (Å²) < 4.78 is 9.77. The molecular formula is C24H27BrN2O2. The highest BCUT2D eigenvalue weighted by Crippen LogP contribution is 2.24. The fourth-order valence-electron chi connectivity index (χ4n) is 3.96. The highest BCUT2D eigenvalue weighted by molar-refractivity contribution is 5.95. The van der Waals surface area contributed by atoms with Crippen LogP contribution in [0.5, 0.6) is 5.75 Å². The summed E-state index contributed by atoms with van der Waals surface area (Å²) in [5.74, 6) is 2.15. The molecule has 0 unspecified atom stereocenters. The summed E-state index contributed by atoms with van der Waals surface area (Å²) >= 11 is 0. The number of methoxy groups -OCH3 is 1. The standard InChI is InChI=1S/C24H27N2O2.BrH/c1-18-7-9-19(10-8-18)22-16-25(24-6-4-3-5-15-26(22)24)17-23(27)20-11-13-21(28-2)14-12-20;/h7-14,16H,3-6,15,17H2,1-2H3;1H/q+1;/p-1. The summed E-state index contributed by atoms with van der Waals surface area (Å²) in [6, 6.07) is 16.0. The predicted molar refractivity (Wildman–Crippen MR) is 110 cm³/mol. The molecule has 5 heteroatoms. The molecule has 152 valence electrons. The zero-order chi connectivity index (χ0) is 19.5. The van der Waals surface area contributed by atoms with E-state index in [-0.39, 0.29) is 22.8 Å². The number of carbonyl (C=O) groups is 1. The van der Waals surface area contributed by atoms with Crippen LogP contribution in [0.25, 0.3) is 11.3 Å². The number of nitrogens with zero attached hydrogens (tertiary/aromatic N) is 2. The highest BCUT2D eigenvalue weighted by Gasteiger charge is 2.27. The molecule has 0 amide bonds. The lowest BCUT2D eigenvalue weighted by Gasteiger charge is -2.04. The SMILES string of the molecule is COc1ccc(C(=O)C[n+]2cc(-c3ccc(C)cc3)n3c2CCCCC3)cc1.[Br-]. The molecule has 0 saturated carbocycles. The minimum atomic E-state index is 0. The number of hydrogen-bond donors (Lipinski definition) is 0. The molecule has 0 saturated heterocycles. The molecule has 1 aromatic heterocycles. The van der Waals surface area contributed by atoms with E-state index in [1.165, 1.54) is 41.9 Å². The Labute approximate surface area is 182 Å². The van der Waals surface area contributed by atoms with Crippen molar-refractivity contribution in [3.05, 3.63) is 71.7 Å². The fraction of sp³-hybridized carbons (Fsp3) is 0.333. The van der Waals surface area contributed by atoms with Crippen molar-refractivity contribution in [1.29, 1.82) is 0 Å². The Morgan fingerprint density at radius 1 is 1.03 bits per heavy atom. The molecule has 4 nitrogen and oxygen atoms in total. The Hall–Kier alpha value is -2.40. The van der Waals surface area contributed by atoms with Crippen LogP contribution in [0.15, 0.2) is 54.7 Å². The summed E-state index contributed by atoms with van der Waals surface area (Å²) in [5.41, 5.74) is 4.40. The van der Waals surface area contributed by atoms with Gasteiger partial charge in [0.2, 0.25) is 5.78 Å². The average Bonchev–Trinajstić information content (AvgIpc) is 2.90. The van der Waals surface area contributed by atoms with Gasteiger partial charge in [0.05, 0.1) is 13.7 Å². The number of hydrogen-bond acceptors (Lipinski definition) is 2. The van der Waals surface area contributed by atoms with Crippen molar-refractivity contribution in [3.63, 3.8) is 0 Å². The van der Waals surface area contributed by atoms with Gasteiger partial charge < -0.3 is 21.7 Å². The number of rotatable bonds is 5. The van der Waals surface area contributed by atoms with Crippen molar-refractivity contribution < 1.29 is 31.1 Å². The molecule has 2 aromatic carbocycles. The molecular weight excluding hydrogens is 428 g/mol. The lowest BCUT2D eigenvalue weighted by molar-refractivity contribution is -0.690. The van der Waals surface area contributed by atoms with Gasteiger partial charge in [-0.2, -0.15) is 0 Å². The van der Waals surface area contributed by atoms with Gasteiger partial charge in [0.15, 0.2) is 12.2 Å². The summed E-state index contributed by atoms with van der Waals surface area (Å²) in [5, 5.41) is 0. The number of Topliss-reactive ketones (excluding diaryl/α,β-unsaturated/α-hetero) is 1. The quantitative estimate of drug-likeness (QED) is 0.431. The maximum absolute atomic E-state index is 12.9. The van der Waals surface area contributed by atoms with E-state index in [0.29, 0.717) is 6.54 Å². The number of imidazole rings is 1. The number of halogens is 1. The van der Waals surface area contributed by atoms with Crippen molar-refractivity contribution in [2.24, 2.45) is 0 Å². The normalized spacial score (nSPS) is 13.2. The summed E-state index contributed by atoms with van der Waals surface area (Å²) in [7, 11) is 1.63. The third-order valence-corrected chi connectivity index (χ3v) is 5.57. The smallest absolute Gasteiger partial charge is 0.257 e. The van der Waals surface area contributed by atoms with Crippen molar-refractivity contribution >= 4 is 5.78 Å². The molecule has 0 aliphatic carbocycles. The van der Waals surface area contributed by atoms with Crippen LogP contribution in [0.1, 0.15) is 41.0 Å². The number of ether oxygens (including phenoxy) is 1. The molecule has 1 aliphatic rings. The fourth-order valence-corrected chi connectivity index (χ4v) is 3.96. The second kappa shape index (κ2) is 9.40. The number of carbonyl (C=O) groups excluding carboxylic acids is 1. The first-order valence-corrected chi connectivity index (χ1v) is 10.0. The molecule has 0 atom stereocenters. The van der Waals surface area contributed by atoms with E-state index in [4.69, 9.17) is 4.74 Å². The van der Waals surface area contributed by atoms with Gasteiger partial charge in [-0.1, -0.05) is 29.8 Å². The second-order valence-electron chi connectivity index (χ2n) is 7.54. The third kappa shape index (κ3) is 4.61. The Balaban J connectivity index is 0.00000240. The van der Waals surface area contributed by atoms with E-state index >= 15 is 0 Å². The van der Waals surface area contributed by atoms with Crippen LogP contribution in [0, 0.1) is 6.92 Å². The number of aromatic nitrogens is 2. The first kappa shape index (κ1) is 21.3. The molecule has 4 rings (SSSR count). The van der Waals surface area contributed by atoms with Gasteiger partial charge in [-0.25, -0.2) is 9.13 Å². The minimum Gasteiger partial charge on any atom is -1.00 e. The van der Waals surface area contributed by atoms with Crippen LogP contribution in [0.4, 0.5) is 0 Å². The third-order valence-electron chi connectivity index (χ3n) is 5.57. The highest BCUT2D eigenvalue weighted by atomic mass is 79.9. The number of fused-ring (bicyclic) bond motifs is 1. The maximum Gasteiger partial charge on any atom is 0.257 e. The zero-order valence-electron chi connectivity index (χ0n) is 17.0. The molecule has 2 heterocycles. The lowest BCUT2D eigenvalue weighted by atomic mass is 10.1. The summed E-state index contributed by atoms with van der Waals surface area (Å²) in [4.78, 5) is 12.9. The lowest BCUT2D eigenvalue weighted by Crippen LogP contribution is -3.00. The largest absolute Gasteiger partial charge is 1.00 e. The van der Waals surface area contributed by atoms with E-state index in [9.17, 15) is 4.79 Å². The molecule has 0 fully saturated rings. The zero-order valence-corrected chi connectivity index (χ0v) is 18.6. The monoisotopic (exact) mass is 454 g/mol. The Morgan fingerprint density at radius 3 is 2.45 bits per heavy atom. The average molecular weight is 455 g/mol. The van der Waals surface area contributed by atoms with Crippen LogP contribution in [0.2, 0.25) is 0 Å². The van der Waals surface area contributed by atoms with Gasteiger partial charge in [0, 0.05) is 17.5 Å². The molecule has 3 aromatic rings. The number of benzene rings is 2. The Bertz CT molecular complexity index is 975. The summed E-state index contributed by atoms with van der Waals surface area (Å²) in [6.45, 7) is 3.49. The number of aryl methyl sites for hydroxylation is 1. The molecule has 0 radical (unpaired) electrons. The molecule has 29 heavy (non-hydrogen) atoms. The molecule has 1 aliphatic heterocycles. The van der Waals surface area contributed by atoms with Crippen molar-refractivity contribution in [1.82, 2.24) is 4.57 Å². The Kier molecular flexibility index (Phi) is 6.91. The van der Waals surface area contributed by atoms with E-state index < -0.39 is 0 Å². The van der Waals surface area contributed by atoms with Gasteiger partial charge in [0.1, 0.15) is 11.9 Å². The van der Waals surface area contributed by atoms with Gasteiger partial charge in [-0.05, 0) is 50.5 Å². The van der Waals surface area contributed by atoms with Gasteiger partial charge >= 0.3 is 0 Å². The van der Waals surface area contributed by atoms with E-state index in [1.54, 1.807) is 7.11 Å². The van der Waals surface area contributed by atoms with Crippen molar-refractivity contribution in [3.8, 4) is 17.0 Å². The maximum atomic E-state index is 12.9. The number of ketones is 1. The van der Waals surface area contributed by atoms with E-state index in [0.717, 1.165) is 24.3 Å². The van der Waals surface area contributed by atoms with Crippen LogP contribution >= 0.6 is 0 Å². The Morgan fingerprint density at radius 2 is 1.76 bits per heavy atom. The van der Waals surface area contributed by atoms with E-state index in [2.05, 4.69) is 46.5 Å². The topological polar surface area (TPSA) is 35.1 Å². The first-order valence-electron chi connectivity index (χ1n) is 10.0. The minimum absolute atomic E-state index is 0. The van der Waals surface area contributed by atoms with Crippen LogP contribution in [-0.2, 0) is 19.5 Å². The van der Waals surface area contributed by atoms with Crippen LogP contribution < -0.4 is 26.3 Å². The van der Waals surface area contributed by atoms with Gasteiger partial charge in [-0.3, -0.25) is 4.79 Å². The van der Waals surface area contributed by atoms with Gasteiger partial charge in [-0.15, -0.1) is 0 Å². The van der Waals surface area contributed by atoms with Gasteiger partial charge in [0.25, 0.3) is 5.82 Å².